The average Bonchev–Trinajstić information content (AvgIpc) is 2.42. The number of ether oxygens (including phenoxy) is 1. The fourth-order valence-corrected chi connectivity index (χ4v) is 2.50. The lowest BCUT2D eigenvalue weighted by Gasteiger charge is -2.20. The molecule has 0 saturated heterocycles. The van der Waals surface area contributed by atoms with Gasteiger partial charge in [0.25, 0.3) is 0 Å². The van der Waals surface area contributed by atoms with Crippen molar-refractivity contribution in [3.8, 4) is 5.75 Å². The van der Waals surface area contributed by atoms with Crippen LogP contribution in [0.3, 0.4) is 0 Å². The molecule has 0 aliphatic rings. The van der Waals surface area contributed by atoms with Gasteiger partial charge in [-0.2, -0.15) is 0 Å². The molecule has 0 aromatic heterocycles. The van der Waals surface area contributed by atoms with Crippen LogP contribution in [0.4, 0.5) is 0 Å². The second-order valence-electron chi connectivity index (χ2n) is 4.49. The van der Waals surface area contributed by atoms with Crippen molar-refractivity contribution in [3.63, 3.8) is 0 Å². The van der Waals surface area contributed by atoms with Crippen molar-refractivity contribution in [2.75, 3.05) is 13.2 Å². The average molecular weight is 359 g/mol. The molecule has 0 spiro atoms. The summed E-state index contributed by atoms with van der Waals surface area (Å²) in [5.74, 6) is -0.844. The molecule has 1 unspecified atom stereocenters. The van der Waals surface area contributed by atoms with E-state index in [2.05, 4.69) is 21.2 Å². The Hall–Kier alpha value is -1.60. The number of carbonyl (C=O) groups excluding carboxylic acids is 2. The third-order valence-electron chi connectivity index (χ3n) is 2.87. The molecule has 116 valence electrons. The van der Waals surface area contributed by atoms with E-state index in [1.807, 2.05) is 0 Å². The number of halogens is 1. The van der Waals surface area contributed by atoms with E-state index in [1.165, 1.54) is 0 Å². The maximum atomic E-state index is 11.7. The molecule has 1 rings (SSSR count). The lowest BCUT2D eigenvalue weighted by molar-refractivity contribution is -0.143. The number of phenols is 1. The number of amides is 1. The number of aromatic hydroxyl groups is 1. The number of esters is 1. The Bertz CT molecular complexity index is 534. The Labute approximate surface area is 131 Å². The van der Waals surface area contributed by atoms with Crippen LogP contribution >= 0.6 is 15.9 Å². The van der Waals surface area contributed by atoms with Crippen molar-refractivity contribution in [2.24, 2.45) is 5.73 Å². The van der Waals surface area contributed by atoms with Gasteiger partial charge >= 0.3 is 5.97 Å². The van der Waals surface area contributed by atoms with E-state index in [0.29, 0.717) is 11.1 Å². The smallest absolute Gasteiger partial charge is 0.308 e. The van der Waals surface area contributed by atoms with Crippen molar-refractivity contribution < 1.29 is 19.4 Å². The predicted octanol–water partition coefficient (Wildman–Crippen LogP) is 1.53. The zero-order chi connectivity index (χ0) is 16.0. The molecule has 0 radical (unpaired) electrons. The Kier molecular flexibility index (Phi) is 6.64. The molecule has 6 nitrogen and oxygen atoms in total. The number of aryl methyl sites for hydroxylation is 1. The van der Waals surface area contributed by atoms with Crippen molar-refractivity contribution in [3.05, 3.63) is 27.7 Å². The van der Waals surface area contributed by atoms with Crippen LogP contribution in [0.2, 0.25) is 0 Å². The molecule has 0 fully saturated rings. The summed E-state index contributed by atoms with van der Waals surface area (Å²) in [6.45, 7) is 3.48. The molecular formula is C14H19BrN2O4. The highest BCUT2D eigenvalue weighted by atomic mass is 79.9. The van der Waals surface area contributed by atoms with Gasteiger partial charge in [0.2, 0.25) is 5.91 Å². The van der Waals surface area contributed by atoms with Crippen molar-refractivity contribution >= 4 is 27.8 Å². The highest BCUT2D eigenvalue weighted by molar-refractivity contribution is 9.10. The van der Waals surface area contributed by atoms with Gasteiger partial charge in [0.1, 0.15) is 5.75 Å². The molecule has 21 heavy (non-hydrogen) atoms. The molecule has 1 amide bonds. The molecule has 1 aromatic carbocycles. The zero-order valence-electron chi connectivity index (χ0n) is 12.0. The molecule has 0 aliphatic heterocycles. The van der Waals surface area contributed by atoms with Gasteiger partial charge < -0.3 is 20.9 Å². The van der Waals surface area contributed by atoms with E-state index in [-0.39, 0.29) is 25.3 Å². The number of hydrogen-bond donors (Lipinski definition) is 3. The van der Waals surface area contributed by atoms with Gasteiger partial charge in [-0.25, -0.2) is 0 Å². The van der Waals surface area contributed by atoms with Crippen LogP contribution in [0.25, 0.3) is 0 Å². The maximum Gasteiger partial charge on any atom is 0.308 e. The Morgan fingerprint density at radius 2 is 2.14 bits per heavy atom. The fourth-order valence-electron chi connectivity index (χ4n) is 1.91. The molecule has 1 atom stereocenters. The second-order valence-corrected chi connectivity index (χ2v) is 5.41. The maximum absolute atomic E-state index is 11.7. The van der Waals surface area contributed by atoms with Gasteiger partial charge in [0.15, 0.2) is 0 Å². The Morgan fingerprint density at radius 1 is 1.48 bits per heavy atom. The normalized spacial score (nSPS) is 11.8. The molecule has 1 aromatic rings. The first kappa shape index (κ1) is 17.5. The van der Waals surface area contributed by atoms with Crippen molar-refractivity contribution in [1.29, 1.82) is 0 Å². The van der Waals surface area contributed by atoms with Crippen LogP contribution in [0.15, 0.2) is 16.6 Å². The van der Waals surface area contributed by atoms with E-state index in [9.17, 15) is 14.7 Å². The number of rotatable bonds is 6. The monoisotopic (exact) mass is 358 g/mol. The third kappa shape index (κ3) is 5.02. The molecule has 0 heterocycles. The standard InChI is InChI=1S/C14H19BrN2O4/c1-3-21-13(19)6-11(17-12(18)7-16)10-5-9(15)4-8(2)14(10)20/h4-5,11,20H,3,6-7,16H2,1-2H3,(H,17,18). The first-order valence-electron chi connectivity index (χ1n) is 6.53. The quantitative estimate of drug-likeness (QED) is 0.669. The first-order valence-corrected chi connectivity index (χ1v) is 7.32. The molecule has 7 heteroatoms. The summed E-state index contributed by atoms with van der Waals surface area (Å²) in [7, 11) is 0. The van der Waals surface area contributed by atoms with Gasteiger partial charge in [0, 0.05) is 10.0 Å². The summed E-state index contributed by atoms with van der Waals surface area (Å²) in [5.41, 5.74) is 6.36. The van der Waals surface area contributed by atoms with Gasteiger partial charge in [-0.1, -0.05) is 15.9 Å². The summed E-state index contributed by atoms with van der Waals surface area (Å²) in [4.78, 5) is 23.2. The summed E-state index contributed by atoms with van der Waals surface area (Å²) >= 11 is 3.33. The summed E-state index contributed by atoms with van der Waals surface area (Å²) in [6.07, 6.45) is -0.0803. The number of benzene rings is 1. The SMILES string of the molecule is CCOC(=O)CC(NC(=O)CN)c1cc(Br)cc(C)c1O. The van der Waals surface area contributed by atoms with Gasteiger partial charge in [0.05, 0.1) is 25.6 Å². The molecule has 0 aliphatic carbocycles. The zero-order valence-corrected chi connectivity index (χ0v) is 13.6. The Morgan fingerprint density at radius 3 is 2.71 bits per heavy atom. The van der Waals surface area contributed by atoms with Crippen LogP contribution in [-0.4, -0.2) is 30.1 Å². The molecular weight excluding hydrogens is 340 g/mol. The summed E-state index contributed by atoms with van der Waals surface area (Å²) in [5, 5.41) is 12.8. The number of nitrogens with one attached hydrogen (secondary N) is 1. The third-order valence-corrected chi connectivity index (χ3v) is 3.32. The number of nitrogens with two attached hydrogens (primary N) is 1. The molecule has 0 saturated carbocycles. The minimum atomic E-state index is -0.698. The van der Waals surface area contributed by atoms with E-state index < -0.39 is 17.9 Å². The summed E-state index contributed by atoms with van der Waals surface area (Å²) in [6, 6.07) is 2.70. The van der Waals surface area contributed by atoms with E-state index in [0.717, 1.165) is 4.47 Å². The lowest BCUT2D eigenvalue weighted by atomic mass is 10.00. The van der Waals surface area contributed by atoms with E-state index in [1.54, 1.807) is 26.0 Å². The number of phenolic OH excluding ortho intramolecular Hbond substituents is 1. The van der Waals surface area contributed by atoms with Crippen molar-refractivity contribution in [1.82, 2.24) is 5.32 Å². The van der Waals surface area contributed by atoms with Gasteiger partial charge in [-0.15, -0.1) is 0 Å². The van der Waals surface area contributed by atoms with Crippen molar-refractivity contribution in [2.45, 2.75) is 26.3 Å². The lowest BCUT2D eigenvalue weighted by Crippen LogP contribution is -2.35. The molecule has 4 N–H and O–H groups in total. The molecule has 0 bridgehead atoms. The fraction of sp³-hybridized carbons (Fsp3) is 0.429. The number of carbonyl (C=O) groups is 2. The van der Waals surface area contributed by atoms with Crippen LogP contribution in [0.1, 0.15) is 30.5 Å². The number of hydrogen-bond acceptors (Lipinski definition) is 5. The van der Waals surface area contributed by atoms with E-state index >= 15 is 0 Å². The largest absolute Gasteiger partial charge is 0.507 e. The topological polar surface area (TPSA) is 102 Å². The van der Waals surface area contributed by atoms with Gasteiger partial charge in [-0.3, -0.25) is 9.59 Å². The van der Waals surface area contributed by atoms with Crippen LogP contribution < -0.4 is 11.1 Å². The predicted molar refractivity (Wildman–Crippen MR) is 81.7 cm³/mol. The van der Waals surface area contributed by atoms with Crippen LogP contribution in [0, 0.1) is 6.92 Å². The van der Waals surface area contributed by atoms with Gasteiger partial charge in [-0.05, 0) is 31.5 Å². The Balaban J connectivity index is 3.10. The summed E-state index contributed by atoms with van der Waals surface area (Å²) < 4.78 is 5.63. The first-order chi connectivity index (χ1) is 9.88. The van der Waals surface area contributed by atoms with E-state index in [4.69, 9.17) is 10.5 Å². The second kappa shape index (κ2) is 7.99. The highest BCUT2D eigenvalue weighted by Gasteiger charge is 2.23. The minimum Gasteiger partial charge on any atom is -0.507 e. The highest BCUT2D eigenvalue weighted by Crippen LogP contribution is 2.33. The minimum absolute atomic E-state index is 0.0322. The van der Waals surface area contributed by atoms with Crippen LogP contribution in [0.5, 0.6) is 5.75 Å². The van der Waals surface area contributed by atoms with Crippen LogP contribution in [-0.2, 0) is 14.3 Å².